The predicted molar refractivity (Wildman–Crippen MR) is 133 cm³/mol. The van der Waals surface area contributed by atoms with E-state index in [1.165, 1.54) is 14.1 Å². The van der Waals surface area contributed by atoms with Crippen LogP contribution >= 0.6 is 31.9 Å². The molecule has 0 bridgehead atoms. The van der Waals surface area contributed by atoms with Crippen molar-refractivity contribution in [3.63, 3.8) is 0 Å². The van der Waals surface area contributed by atoms with Gasteiger partial charge in [0.25, 0.3) is 11.5 Å². The smallest absolute Gasteiger partial charge is 0.338 e. The molecule has 0 saturated heterocycles. The van der Waals surface area contributed by atoms with E-state index in [1.807, 2.05) is 19.1 Å². The number of hydrogen-bond donors (Lipinski definition) is 1. The maximum atomic E-state index is 12.3. The first-order valence-electron chi connectivity index (χ1n) is 9.98. The van der Waals surface area contributed by atoms with Crippen molar-refractivity contribution in [3.05, 3.63) is 88.9 Å². The molecule has 178 valence electrons. The number of hydrogen-bond acceptors (Lipinski definition) is 6. The van der Waals surface area contributed by atoms with Crippen molar-refractivity contribution < 1.29 is 19.1 Å². The summed E-state index contributed by atoms with van der Waals surface area (Å²) in [5.74, 6) is -0.695. The van der Waals surface area contributed by atoms with Gasteiger partial charge in [-0.3, -0.25) is 18.7 Å². The second-order valence-electron chi connectivity index (χ2n) is 7.44. The fourth-order valence-corrected chi connectivity index (χ4v) is 4.61. The number of carbonyl (C=O) groups excluding carboxylic acids is 2. The third-order valence-corrected chi connectivity index (χ3v) is 6.02. The third kappa shape index (κ3) is 6.03. The number of nitrogens with zero attached hydrogens (tertiary/aromatic N) is 2. The fourth-order valence-electron chi connectivity index (χ4n) is 2.96. The molecule has 34 heavy (non-hydrogen) atoms. The highest BCUT2D eigenvalue weighted by atomic mass is 79.9. The molecule has 2 aromatic carbocycles. The molecule has 3 aromatic rings. The quantitative estimate of drug-likeness (QED) is 0.421. The zero-order valence-electron chi connectivity index (χ0n) is 18.6. The molecule has 0 saturated carbocycles. The lowest BCUT2D eigenvalue weighted by atomic mass is 10.1. The molecule has 0 atom stereocenters. The molecular formula is C23H21Br2N3O6. The van der Waals surface area contributed by atoms with Gasteiger partial charge in [-0.15, -0.1) is 0 Å². The number of anilines is 1. The summed E-state index contributed by atoms with van der Waals surface area (Å²) < 4.78 is 14.6. The molecule has 0 unspecified atom stereocenters. The molecule has 0 aliphatic carbocycles. The predicted octanol–water partition coefficient (Wildman–Crippen LogP) is 3.29. The molecule has 11 heteroatoms. The van der Waals surface area contributed by atoms with Crippen LogP contribution in [0, 0.1) is 6.92 Å². The molecule has 1 N–H and O–H groups in total. The largest absolute Gasteiger partial charge is 0.487 e. The van der Waals surface area contributed by atoms with Crippen LogP contribution in [-0.4, -0.2) is 27.6 Å². The van der Waals surface area contributed by atoms with Gasteiger partial charge in [0, 0.05) is 20.2 Å². The molecule has 1 amide bonds. The van der Waals surface area contributed by atoms with E-state index in [0.717, 1.165) is 35.3 Å². The summed E-state index contributed by atoms with van der Waals surface area (Å²) in [6, 6.07) is 11.6. The van der Waals surface area contributed by atoms with Crippen molar-refractivity contribution in [1.82, 2.24) is 9.13 Å². The Balaban J connectivity index is 1.55. The van der Waals surface area contributed by atoms with E-state index in [9.17, 15) is 19.2 Å². The minimum atomic E-state index is -0.690. The number of carbonyl (C=O) groups is 2. The van der Waals surface area contributed by atoms with Gasteiger partial charge in [0.05, 0.1) is 14.5 Å². The van der Waals surface area contributed by atoms with E-state index in [2.05, 4.69) is 37.2 Å². The number of benzene rings is 2. The highest BCUT2D eigenvalue weighted by Gasteiger charge is 2.14. The second kappa shape index (κ2) is 10.8. The molecule has 0 radical (unpaired) electrons. The molecule has 0 aliphatic rings. The average Bonchev–Trinajstić information content (AvgIpc) is 2.79. The summed E-state index contributed by atoms with van der Waals surface area (Å²) in [7, 11) is 2.74. The van der Waals surface area contributed by atoms with Crippen LogP contribution in [0.1, 0.15) is 21.5 Å². The maximum absolute atomic E-state index is 12.3. The average molecular weight is 595 g/mol. The molecule has 0 spiro atoms. The Hall–Kier alpha value is -3.18. The number of nitrogens with one attached hydrogen (secondary N) is 1. The Bertz CT molecular complexity index is 1340. The summed E-state index contributed by atoms with van der Waals surface area (Å²) in [6.45, 7) is 1.68. The normalized spacial score (nSPS) is 10.6. The van der Waals surface area contributed by atoms with Gasteiger partial charge >= 0.3 is 11.7 Å². The number of aromatic nitrogens is 2. The Morgan fingerprint density at radius 3 is 2.21 bits per heavy atom. The number of amides is 1. The van der Waals surface area contributed by atoms with Crippen molar-refractivity contribution in [3.8, 4) is 5.75 Å². The van der Waals surface area contributed by atoms with Crippen molar-refractivity contribution in [1.29, 1.82) is 0 Å². The van der Waals surface area contributed by atoms with E-state index >= 15 is 0 Å². The lowest BCUT2D eigenvalue weighted by Gasteiger charge is -2.12. The minimum Gasteiger partial charge on any atom is -0.487 e. The first-order chi connectivity index (χ1) is 16.1. The molecule has 0 aliphatic heterocycles. The first kappa shape index (κ1) is 25.4. The van der Waals surface area contributed by atoms with Gasteiger partial charge in [-0.1, -0.05) is 12.1 Å². The number of esters is 1. The Labute approximate surface area is 211 Å². The summed E-state index contributed by atoms with van der Waals surface area (Å²) in [6.07, 6.45) is 0. The topological polar surface area (TPSA) is 109 Å². The summed E-state index contributed by atoms with van der Waals surface area (Å²) in [5.41, 5.74) is 1.02. The van der Waals surface area contributed by atoms with Crippen LogP contribution in [-0.2, 0) is 30.2 Å². The van der Waals surface area contributed by atoms with Gasteiger partial charge in [-0.2, -0.15) is 0 Å². The molecule has 0 fully saturated rings. The SMILES string of the molecule is Cc1cc(Br)c(OCc2ccc(C(=O)OCC(=O)Nc3cc(=O)n(C)c(=O)n3C)cc2)c(Br)c1. The fraction of sp³-hybridized carbons (Fsp3) is 0.217. The molecule has 3 rings (SSSR count). The second-order valence-corrected chi connectivity index (χ2v) is 9.14. The van der Waals surface area contributed by atoms with Gasteiger partial charge < -0.3 is 14.8 Å². The molecule has 1 aromatic heterocycles. The maximum Gasteiger partial charge on any atom is 0.338 e. The summed E-state index contributed by atoms with van der Waals surface area (Å²) in [4.78, 5) is 48.1. The van der Waals surface area contributed by atoms with Crippen molar-refractivity contribution >= 4 is 49.6 Å². The Morgan fingerprint density at radius 2 is 1.59 bits per heavy atom. The number of ether oxygens (including phenoxy) is 2. The number of halogens is 2. The third-order valence-electron chi connectivity index (χ3n) is 4.84. The van der Waals surface area contributed by atoms with Gasteiger partial charge in [-0.25, -0.2) is 9.59 Å². The van der Waals surface area contributed by atoms with E-state index in [1.54, 1.807) is 24.3 Å². The van der Waals surface area contributed by atoms with E-state index in [4.69, 9.17) is 9.47 Å². The van der Waals surface area contributed by atoms with Gasteiger partial charge in [-0.05, 0) is 74.2 Å². The van der Waals surface area contributed by atoms with E-state index < -0.39 is 29.7 Å². The monoisotopic (exact) mass is 593 g/mol. The number of rotatable bonds is 7. The van der Waals surface area contributed by atoms with Crippen molar-refractivity contribution in [2.24, 2.45) is 14.1 Å². The van der Waals surface area contributed by atoms with Crippen LogP contribution in [0.5, 0.6) is 5.75 Å². The lowest BCUT2D eigenvalue weighted by molar-refractivity contribution is -0.119. The van der Waals surface area contributed by atoms with Crippen LogP contribution in [0.4, 0.5) is 5.82 Å². The molecular weight excluding hydrogens is 574 g/mol. The number of aryl methyl sites for hydroxylation is 1. The Kier molecular flexibility index (Phi) is 8.11. The zero-order valence-corrected chi connectivity index (χ0v) is 21.7. The Morgan fingerprint density at radius 1 is 0.971 bits per heavy atom. The standard InChI is InChI=1S/C23H21Br2N3O6/c1-13-8-16(24)21(17(25)9-13)33-11-14-4-6-15(7-5-14)22(31)34-12-19(29)26-18-10-20(30)28(3)23(32)27(18)2/h4-10H,11-12H2,1-3H3,(H,26,29). The zero-order chi connectivity index (χ0) is 25.0. The molecule has 1 heterocycles. The van der Waals surface area contributed by atoms with Gasteiger partial charge in [0.15, 0.2) is 6.61 Å². The van der Waals surface area contributed by atoms with E-state index in [0.29, 0.717) is 5.75 Å². The highest BCUT2D eigenvalue weighted by molar-refractivity contribution is 9.11. The van der Waals surface area contributed by atoms with Gasteiger partial charge in [0.2, 0.25) is 0 Å². The van der Waals surface area contributed by atoms with Crippen LogP contribution < -0.4 is 21.3 Å². The van der Waals surface area contributed by atoms with Crippen LogP contribution in [0.25, 0.3) is 0 Å². The molecule has 9 nitrogen and oxygen atoms in total. The van der Waals surface area contributed by atoms with E-state index in [-0.39, 0.29) is 18.0 Å². The minimum absolute atomic E-state index is 0.00496. The van der Waals surface area contributed by atoms with Crippen molar-refractivity contribution in [2.45, 2.75) is 13.5 Å². The van der Waals surface area contributed by atoms with Crippen LogP contribution in [0.2, 0.25) is 0 Å². The summed E-state index contributed by atoms with van der Waals surface area (Å²) in [5, 5.41) is 2.39. The highest BCUT2D eigenvalue weighted by Crippen LogP contribution is 2.35. The van der Waals surface area contributed by atoms with Gasteiger partial charge in [0.1, 0.15) is 18.2 Å². The summed E-state index contributed by atoms with van der Waals surface area (Å²) >= 11 is 6.97. The van der Waals surface area contributed by atoms with Crippen LogP contribution in [0.3, 0.4) is 0 Å². The first-order valence-corrected chi connectivity index (χ1v) is 11.6. The van der Waals surface area contributed by atoms with Crippen molar-refractivity contribution in [2.75, 3.05) is 11.9 Å². The van der Waals surface area contributed by atoms with Crippen LogP contribution in [0.15, 0.2) is 61.0 Å². The lowest BCUT2D eigenvalue weighted by Crippen LogP contribution is -2.38.